The van der Waals surface area contributed by atoms with Crippen molar-refractivity contribution >= 4 is 18.1 Å². The number of piperazine rings is 1. The number of nitrogens with one attached hydrogen (secondary N) is 1. The number of aromatic nitrogens is 2. The van der Waals surface area contributed by atoms with E-state index < -0.39 is 0 Å². The summed E-state index contributed by atoms with van der Waals surface area (Å²) in [5, 5.41) is 2.89. The Morgan fingerprint density at radius 1 is 1.12 bits per heavy atom. The van der Waals surface area contributed by atoms with Crippen LogP contribution < -0.4 is 10.2 Å². The molecule has 7 nitrogen and oxygen atoms in total. The summed E-state index contributed by atoms with van der Waals surface area (Å²) in [5.74, 6) is 0.514. The van der Waals surface area contributed by atoms with Crippen LogP contribution in [0.25, 0.3) is 0 Å². The average molecular weight is 339 g/mol. The topological polar surface area (TPSA) is 78.4 Å². The van der Waals surface area contributed by atoms with Gasteiger partial charge in [-0.15, -0.1) is 0 Å². The molecule has 0 saturated carbocycles. The Bertz CT molecular complexity index is 714. The van der Waals surface area contributed by atoms with Crippen molar-refractivity contribution in [3.8, 4) is 0 Å². The molecule has 1 N–H and O–H groups in total. The Morgan fingerprint density at radius 2 is 1.88 bits per heavy atom. The highest BCUT2D eigenvalue weighted by Crippen LogP contribution is 2.13. The zero-order valence-electron chi connectivity index (χ0n) is 14.0. The Hall–Kier alpha value is -2.96. The first-order valence-electron chi connectivity index (χ1n) is 8.35. The second-order valence-electron chi connectivity index (χ2n) is 5.88. The first-order valence-corrected chi connectivity index (χ1v) is 8.35. The van der Waals surface area contributed by atoms with Crippen molar-refractivity contribution in [2.45, 2.75) is 6.42 Å². The van der Waals surface area contributed by atoms with Gasteiger partial charge in [0.2, 0.25) is 6.41 Å². The van der Waals surface area contributed by atoms with Gasteiger partial charge in [-0.2, -0.15) is 0 Å². The molecule has 0 atom stereocenters. The van der Waals surface area contributed by atoms with Crippen LogP contribution in [0.4, 0.5) is 5.82 Å². The van der Waals surface area contributed by atoms with Gasteiger partial charge >= 0.3 is 0 Å². The maximum Gasteiger partial charge on any atom is 0.270 e. The van der Waals surface area contributed by atoms with Crippen LogP contribution in [0, 0.1) is 0 Å². The molecule has 1 aliphatic rings. The van der Waals surface area contributed by atoms with E-state index in [1.165, 1.54) is 11.9 Å². The van der Waals surface area contributed by atoms with E-state index >= 15 is 0 Å². The molecule has 130 valence electrons. The van der Waals surface area contributed by atoms with Crippen molar-refractivity contribution < 1.29 is 9.59 Å². The molecule has 0 unspecified atom stereocenters. The fourth-order valence-corrected chi connectivity index (χ4v) is 2.76. The maximum absolute atomic E-state index is 12.3. The number of hydrogen-bond acceptors (Lipinski definition) is 5. The van der Waals surface area contributed by atoms with Gasteiger partial charge in [-0.3, -0.25) is 9.59 Å². The molecule has 25 heavy (non-hydrogen) atoms. The normalized spacial score (nSPS) is 14.2. The Balaban J connectivity index is 1.55. The van der Waals surface area contributed by atoms with Gasteiger partial charge in [0.05, 0.1) is 0 Å². The molecule has 0 spiro atoms. The number of rotatable bonds is 6. The molecule has 7 heteroatoms. The molecule has 0 bridgehead atoms. The van der Waals surface area contributed by atoms with Crippen LogP contribution in [-0.2, 0) is 11.2 Å². The first-order chi connectivity index (χ1) is 12.3. The van der Waals surface area contributed by atoms with E-state index in [2.05, 4.69) is 20.2 Å². The molecule has 2 aromatic rings. The molecule has 1 fully saturated rings. The molecule has 1 saturated heterocycles. The van der Waals surface area contributed by atoms with Crippen molar-refractivity contribution in [3.05, 3.63) is 54.0 Å². The van der Waals surface area contributed by atoms with Gasteiger partial charge in [0.1, 0.15) is 17.8 Å². The lowest BCUT2D eigenvalue weighted by Gasteiger charge is -2.33. The minimum atomic E-state index is -0.203. The van der Waals surface area contributed by atoms with Gasteiger partial charge in [0.15, 0.2) is 0 Å². The summed E-state index contributed by atoms with van der Waals surface area (Å²) < 4.78 is 0. The van der Waals surface area contributed by atoms with Gasteiger partial charge in [0.25, 0.3) is 5.91 Å². The summed E-state index contributed by atoms with van der Waals surface area (Å²) in [7, 11) is 0. The van der Waals surface area contributed by atoms with Crippen LogP contribution in [-0.4, -0.2) is 59.9 Å². The van der Waals surface area contributed by atoms with Gasteiger partial charge in [0, 0.05) is 38.8 Å². The zero-order valence-corrected chi connectivity index (χ0v) is 14.0. The second-order valence-corrected chi connectivity index (χ2v) is 5.88. The third-order valence-electron chi connectivity index (χ3n) is 4.21. The molecule has 1 aliphatic heterocycles. The van der Waals surface area contributed by atoms with E-state index in [4.69, 9.17) is 0 Å². The molecule has 1 aromatic carbocycles. The third kappa shape index (κ3) is 4.53. The van der Waals surface area contributed by atoms with Crippen molar-refractivity contribution in [1.82, 2.24) is 20.2 Å². The highest BCUT2D eigenvalue weighted by molar-refractivity contribution is 5.92. The minimum absolute atomic E-state index is 0.203. The van der Waals surface area contributed by atoms with Crippen LogP contribution in [0.15, 0.2) is 42.7 Å². The van der Waals surface area contributed by atoms with Gasteiger partial charge in [-0.25, -0.2) is 9.97 Å². The lowest BCUT2D eigenvalue weighted by atomic mass is 10.1. The molecule has 2 amide bonds. The van der Waals surface area contributed by atoms with E-state index in [1.54, 1.807) is 11.0 Å². The summed E-state index contributed by atoms with van der Waals surface area (Å²) in [6, 6.07) is 11.7. The number of amides is 2. The highest BCUT2D eigenvalue weighted by Gasteiger charge is 2.18. The number of anilines is 1. The van der Waals surface area contributed by atoms with E-state index in [9.17, 15) is 9.59 Å². The SMILES string of the molecule is O=CN1CCN(c2cc(C(=O)NCCc3ccccc3)ncn2)CC1. The van der Waals surface area contributed by atoms with Crippen LogP contribution in [0.2, 0.25) is 0 Å². The third-order valence-corrected chi connectivity index (χ3v) is 4.21. The second kappa shape index (κ2) is 8.23. The Morgan fingerprint density at radius 3 is 2.60 bits per heavy atom. The molecule has 1 aromatic heterocycles. The Labute approximate surface area is 146 Å². The zero-order chi connectivity index (χ0) is 17.5. The van der Waals surface area contributed by atoms with Crippen LogP contribution in [0.5, 0.6) is 0 Å². The number of carbonyl (C=O) groups is 2. The summed E-state index contributed by atoms with van der Waals surface area (Å²) in [6.45, 7) is 3.27. The summed E-state index contributed by atoms with van der Waals surface area (Å²) >= 11 is 0. The fourth-order valence-electron chi connectivity index (χ4n) is 2.76. The van der Waals surface area contributed by atoms with E-state index in [0.717, 1.165) is 12.8 Å². The van der Waals surface area contributed by atoms with E-state index in [-0.39, 0.29) is 5.91 Å². The minimum Gasteiger partial charge on any atom is -0.353 e. The molecular weight excluding hydrogens is 318 g/mol. The summed E-state index contributed by atoms with van der Waals surface area (Å²) in [4.78, 5) is 35.2. The van der Waals surface area contributed by atoms with E-state index in [0.29, 0.717) is 44.2 Å². The van der Waals surface area contributed by atoms with Crippen molar-refractivity contribution in [2.24, 2.45) is 0 Å². The molecule has 3 rings (SSSR count). The van der Waals surface area contributed by atoms with Crippen molar-refractivity contribution in [2.75, 3.05) is 37.6 Å². The van der Waals surface area contributed by atoms with E-state index in [1.807, 2.05) is 30.3 Å². The fraction of sp³-hybridized carbons (Fsp3) is 0.333. The summed E-state index contributed by atoms with van der Waals surface area (Å²) in [5.41, 5.74) is 1.54. The molecule has 2 heterocycles. The molecule has 0 radical (unpaired) electrons. The first kappa shape index (κ1) is 16.9. The quantitative estimate of drug-likeness (QED) is 0.785. The summed E-state index contributed by atoms with van der Waals surface area (Å²) in [6.07, 6.45) is 3.05. The smallest absolute Gasteiger partial charge is 0.270 e. The molecular formula is C18H21N5O2. The lowest BCUT2D eigenvalue weighted by Crippen LogP contribution is -2.46. The monoisotopic (exact) mass is 339 g/mol. The number of benzene rings is 1. The van der Waals surface area contributed by atoms with Gasteiger partial charge in [-0.1, -0.05) is 30.3 Å². The van der Waals surface area contributed by atoms with Crippen LogP contribution in [0.3, 0.4) is 0 Å². The lowest BCUT2D eigenvalue weighted by molar-refractivity contribution is -0.118. The number of carbonyl (C=O) groups excluding carboxylic acids is 2. The average Bonchev–Trinajstić information content (AvgIpc) is 2.69. The number of hydrogen-bond donors (Lipinski definition) is 1. The van der Waals surface area contributed by atoms with Crippen molar-refractivity contribution in [1.29, 1.82) is 0 Å². The maximum atomic E-state index is 12.3. The van der Waals surface area contributed by atoms with Gasteiger partial charge in [-0.05, 0) is 12.0 Å². The van der Waals surface area contributed by atoms with Gasteiger partial charge < -0.3 is 15.1 Å². The number of nitrogens with zero attached hydrogens (tertiary/aromatic N) is 4. The van der Waals surface area contributed by atoms with Crippen LogP contribution >= 0.6 is 0 Å². The van der Waals surface area contributed by atoms with Crippen LogP contribution in [0.1, 0.15) is 16.1 Å². The molecule has 0 aliphatic carbocycles. The predicted molar refractivity (Wildman–Crippen MR) is 94.4 cm³/mol. The predicted octanol–water partition coefficient (Wildman–Crippen LogP) is 0.727. The van der Waals surface area contributed by atoms with Crippen molar-refractivity contribution in [3.63, 3.8) is 0 Å². The highest BCUT2D eigenvalue weighted by atomic mass is 16.2. The standard InChI is InChI=1S/C18H21N5O2/c24-14-22-8-10-23(11-9-22)17-12-16(20-13-21-17)18(25)19-7-6-15-4-2-1-3-5-15/h1-5,12-14H,6-11H2,(H,19,25). The largest absolute Gasteiger partial charge is 0.353 e. The Kier molecular flexibility index (Phi) is 5.56.